The first-order valence-corrected chi connectivity index (χ1v) is 5.24. The molecule has 0 spiro atoms. The maximum atomic E-state index is 13.3. The van der Waals surface area contributed by atoms with Crippen LogP contribution in [0.3, 0.4) is 0 Å². The quantitative estimate of drug-likeness (QED) is 0.707. The number of thiazole rings is 1. The molecule has 1 aromatic carbocycles. The molecule has 0 fully saturated rings. The van der Waals surface area contributed by atoms with Gasteiger partial charge in [0.05, 0.1) is 0 Å². The van der Waals surface area contributed by atoms with Gasteiger partial charge in [-0.1, -0.05) is 0 Å². The predicted octanol–water partition coefficient (Wildman–Crippen LogP) is 4.11. The first kappa shape index (κ1) is 12.0. The second-order valence-corrected chi connectivity index (χ2v) is 4.02. The van der Waals surface area contributed by atoms with Crippen molar-refractivity contribution in [2.75, 3.05) is 0 Å². The van der Waals surface area contributed by atoms with Crippen LogP contribution in [-0.2, 0) is 6.18 Å². The predicted molar refractivity (Wildman–Crippen MR) is 52.5 cm³/mol. The van der Waals surface area contributed by atoms with Crippen molar-refractivity contribution in [1.82, 2.24) is 4.98 Å². The highest BCUT2D eigenvalue weighted by molar-refractivity contribution is 7.13. The Labute approximate surface area is 96.5 Å². The van der Waals surface area contributed by atoms with Crippen LogP contribution >= 0.6 is 11.3 Å². The van der Waals surface area contributed by atoms with E-state index in [1.165, 1.54) is 0 Å². The minimum Gasteiger partial charge on any atom is -0.231 e. The Morgan fingerprint density at radius 2 is 1.82 bits per heavy atom. The average molecular weight is 265 g/mol. The average Bonchev–Trinajstić information content (AvgIpc) is 2.65. The second kappa shape index (κ2) is 4.06. The summed E-state index contributed by atoms with van der Waals surface area (Å²) in [6.45, 7) is 0. The summed E-state index contributed by atoms with van der Waals surface area (Å²) >= 11 is 0.656. The third kappa shape index (κ3) is 2.44. The summed E-state index contributed by atoms with van der Waals surface area (Å²) in [5, 5.41) is 0.660. The summed E-state index contributed by atoms with van der Waals surface area (Å²) in [6.07, 6.45) is -4.56. The van der Waals surface area contributed by atoms with E-state index < -0.39 is 23.5 Å². The molecule has 0 aliphatic heterocycles. The number of aromatic nitrogens is 1. The molecule has 1 nitrogen and oxygen atoms in total. The van der Waals surface area contributed by atoms with Crippen LogP contribution in [0.2, 0.25) is 0 Å². The molecular weight excluding hydrogens is 261 g/mol. The minimum absolute atomic E-state index is 0.130. The van der Waals surface area contributed by atoms with Crippen molar-refractivity contribution in [1.29, 1.82) is 0 Å². The molecule has 0 bridgehead atoms. The summed E-state index contributed by atoms with van der Waals surface area (Å²) < 4.78 is 62.7. The smallest absolute Gasteiger partial charge is 0.231 e. The number of hydrogen-bond acceptors (Lipinski definition) is 2. The molecule has 0 unspecified atom stereocenters. The highest BCUT2D eigenvalue weighted by Gasteiger charge is 2.34. The third-order valence-electron chi connectivity index (χ3n) is 1.96. The lowest BCUT2D eigenvalue weighted by Gasteiger charge is -2.01. The zero-order valence-corrected chi connectivity index (χ0v) is 8.87. The maximum Gasteiger partial charge on any atom is 0.434 e. The fraction of sp³-hybridized carbons (Fsp3) is 0.100. The normalized spacial score (nSPS) is 11.8. The van der Waals surface area contributed by atoms with E-state index in [0.717, 1.165) is 17.5 Å². The van der Waals surface area contributed by atoms with E-state index in [2.05, 4.69) is 4.98 Å². The summed E-state index contributed by atoms with van der Waals surface area (Å²) in [5.74, 6) is -1.73. The largest absolute Gasteiger partial charge is 0.434 e. The fourth-order valence-electron chi connectivity index (χ4n) is 1.19. The Morgan fingerprint density at radius 3 is 2.35 bits per heavy atom. The van der Waals surface area contributed by atoms with Gasteiger partial charge < -0.3 is 0 Å². The van der Waals surface area contributed by atoms with Crippen LogP contribution in [0.15, 0.2) is 23.6 Å². The van der Waals surface area contributed by atoms with Gasteiger partial charge >= 0.3 is 6.18 Å². The van der Waals surface area contributed by atoms with E-state index in [1.807, 2.05) is 0 Å². The van der Waals surface area contributed by atoms with Crippen molar-refractivity contribution in [3.63, 3.8) is 0 Å². The van der Waals surface area contributed by atoms with Crippen molar-refractivity contribution >= 4 is 11.3 Å². The van der Waals surface area contributed by atoms with Gasteiger partial charge in [0.1, 0.15) is 16.6 Å². The zero-order valence-electron chi connectivity index (χ0n) is 8.05. The summed E-state index contributed by atoms with van der Waals surface area (Å²) in [5.41, 5.74) is -1.23. The summed E-state index contributed by atoms with van der Waals surface area (Å²) in [7, 11) is 0. The number of hydrogen-bond donors (Lipinski definition) is 0. The van der Waals surface area contributed by atoms with Gasteiger partial charge in [-0.2, -0.15) is 13.2 Å². The van der Waals surface area contributed by atoms with E-state index in [1.54, 1.807) is 0 Å². The second-order valence-electron chi connectivity index (χ2n) is 3.16. The first-order valence-electron chi connectivity index (χ1n) is 4.36. The van der Waals surface area contributed by atoms with Crippen LogP contribution in [0, 0.1) is 11.6 Å². The SMILES string of the molecule is Fc1ccc(-c2nc(C(F)(F)F)cs2)c(F)c1. The molecule has 0 aliphatic rings. The molecule has 7 heteroatoms. The number of halogens is 5. The van der Waals surface area contributed by atoms with Crippen molar-refractivity contribution < 1.29 is 22.0 Å². The van der Waals surface area contributed by atoms with Crippen molar-refractivity contribution in [2.24, 2.45) is 0 Å². The summed E-state index contributed by atoms with van der Waals surface area (Å²) in [4.78, 5) is 3.27. The van der Waals surface area contributed by atoms with Crippen LogP contribution < -0.4 is 0 Å². The summed E-state index contributed by atoms with van der Waals surface area (Å²) in [6, 6.07) is 2.63. The van der Waals surface area contributed by atoms with Crippen LogP contribution in [-0.4, -0.2) is 4.98 Å². The molecule has 17 heavy (non-hydrogen) atoms. The molecule has 0 atom stereocenters. The van der Waals surface area contributed by atoms with Crippen molar-refractivity contribution in [3.05, 3.63) is 40.9 Å². The van der Waals surface area contributed by atoms with E-state index >= 15 is 0 Å². The Morgan fingerprint density at radius 1 is 1.12 bits per heavy atom. The van der Waals surface area contributed by atoms with E-state index in [4.69, 9.17) is 0 Å². The molecule has 2 rings (SSSR count). The highest BCUT2D eigenvalue weighted by atomic mass is 32.1. The van der Waals surface area contributed by atoms with Crippen LogP contribution in [0.25, 0.3) is 10.6 Å². The molecule has 0 N–H and O–H groups in total. The molecule has 1 heterocycles. The maximum absolute atomic E-state index is 13.3. The number of nitrogens with zero attached hydrogens (tertiary/aromatic N) is 1. The van der Waals surface area contributed by atoms with E-state index in [9.17, 15) is 22.0 Å². The van der Waals surface area contributed by atoms with E-state index in [-0.39, 0.29) is 10.6 Å². The fourth-order valence-corrected chi connectivity index (χ4v) is 2.04. The Kier molecular flexibility index (Phi) is 2.86. The van der Waals surface area contributed by atoms with Gasteiger partial charge in [-0.3, -0.25) is 0 Å². The topological polar surface area (TPSA) is 12.9 Å². The van der Waals surface area contributed by atoms with Gasteiger partial charge in [0.25, 0.3) is 0 Å². The van der Waals surface area contributed by atoms with Gasteiger partial charge in [-0.25, -0.2) is 13.8 Å². The molecule has 0 aliphatic carbocycles. The standard InChI is InChI=1S/C10H4F5NS/c11-5-1-2-6(7(12)3-5)9-16-8(4-17-9)10(13,14)15/h1-4H. The Balaban J connectivity index is 2.44. The molecule has 90 valence electrons. The highest BCUT2D eigenvalue weighted by Crippen LogP contribution is 2.34. The Hall–Kier alpha value is -1.50. The molecule has 0 amide bonds. The van der Waals surface area contributed by atoms with Crippen molar-refractivity contribution in [2.45, 2.75) is 6.18 Å². The van der Waals surface area contributed by atoms with Crippen LogP contribution in [0.5, 0.6) is 0 Å². The van der Waals surface area contributed by atoms with Crippen LogP contribution in [0.1, 0.15) is 5.69 Å². The monoisotopic (exact) mass is 265 g/mol. The van der Waals surface area contributed by atoms with Gasteiger partial charge in [0, 0.05) is 17.0 Å². The molecule has 2 aromatic rings. The van der Waals surface area contributed by atoms with Gasteiger partial charge in [-0.15, -0.1) is 11.3 Å². The van der Waals surface area contributed by atoms with E-state index in [0.29, 0.717) is 17.4 Å². The van der Waals surface area contributed by atoms with Crippen LogP contribution in [0.4, 0.5) is 22.0 Å². The Bertz CT molecular complexity index is 546. The molecule has 1 aromatic heterocycles. The lowest BCUT2D eigenvalue weighted by molar-refractivity contribution is -0.140. The minimum atomic E-state index is -4.56. The first-order chi connectivity index (χ1) is 7.88. The number of benzene rings is 1. The van der Waals surface area contributed by atoms with Gasteiger partial charge in [0.2, 0.25) is 0 Å². The van der Waals surface area contributed by atoms with Crippen molar-refractivity contribution in [3.8, 4) is 10.6 Å². The molecule has 0 radical (unpaired) electrons. The molecule has 0 saturated carbocycles. The third-order valence-corrected chi connectivity index (χ3v) is 2.83. The zero-order chi connectivity index (χ0) is 12.6. The number of rotatable bonds is 1. The number of alkyl halides is 3. The lowest BCUT2D eigenvalue weighted by atomic mass is 10.2. The van der Waals surface area contributed by atoms with Gasteiger partial charge in [-0.05, 0) is 12.1 Å². The molecule has 0 saturated heterocycles. The lowest BCUT2D eigenvalue weighted by Crippen LogP contribution is -2.04. The van der Waals surface area contributed by atoms with Gasteiger partial charge in [0.15, 0.2) is 5.69 Å². The molecular formula is C10H4F5NS.